The van der Waals surface area contributed by atoms with Gasteiger partial charge in [0.1, 0.15) is 17.2 Å². The molecule has 0 aromatic carbocycles. The highest BCUT2D eigenvalue weighted by molar-refractivity contribution is 5.92. The van der Waals surface area contributed by atoms with Crippen molar-refractivity contribution in [3.05, 3.63) is 11.5 Å². The minimum absolute atomic E-state index is 0.0570. The fourth-order valence-corrected chi connectivity index (χ4v) is 2.09. The van der Waals surface area contributed by atoms with Crippen LogP contribution in [0.2, 0.25) is 0 Å². The number of ether oxygens (including phenoxy) is 1. The molecule has 0 saturated heterocycles. The van der Waals surface area contributed by atoms with E-state index >= 15 is 0 Å². The monoisotopic (exact) mass is 263 g/mol. The van der Waals surface area contributed by atoms with Crippen LogP contribution in [0.25, 0.3) is 0 Å². The zero-order chi connectivity index (χ0) is 13.7. The van der Waals surface area contributed by atoms with Crippen LogP contribution in [0.1, 0.15) is 29.2 Å². The average Bonchev–Trinajstić information content (AvgIpc) is 3.00. The number of imidazole rings is 1. The van der Waals surface area contributed by atoms with E-state index < -0.39 is 17.7 Å². The maximum Gasteiger partial charge on any atom is 0.412 e. The lowest BCUT2D eigenvalue weighted by Crippen LogP contribution is -2.36. The lowest BCUT2D eigenvalue weighted by Gasteiger charge is -2.23. The van der Waals surface area contributed by atoms with Crippen molar-refractivity contribution in [1.29, 1.82) is 0 Å². The van der Waals surface area contributed by atoms with E-state index in [2.05, 4.69) is 9.72 Å². The summed E-state index contributed by atoms with van der Waals surface area (Å²) in [4.78, 5) is 15.1. The van der Waals surface area contributed by atoms with Gasteiger partial charge in [-0.3, -0.25) is 4.57 Å². The molecule has 0 atom stereocenters. The highest BCUT2D eigenvalue weighted by Gasteiger charge is 2.66. The Hall–Kier alpha value is -1.73. The van der Waals surface area contributed by atoms with Crippen LogP contribution >= 0.6 is 0 Å². The fourth-order valence-electron chi connectivity index (χ4n) is 2.09. The predicted octanol–water partition coefficient (Wildman–Crippen LogP) is 1.61. The summed E-state index contributed by atoms with van der Waals surface area (Å²) in [5.41, 5.74) is 3.32. The first kappa shape index (κ1) is 12.7. The first-order chi connectivity index (χ1) is 8.24. The number of carbonyl (C=O) groups excluding carboxylic acids is 1. The highest BCUT2D eigenvalue weighted by atomic mass is 19.4. The van der Waals surface area contributed by atoms with Gasteiger partial charge in [-0.15, -0.1) is 0 Å². The van der Waals surface area contributed by atoms with E-state index in [-0.39, 0.29) is 30.2 Å². The third-order valence-corrected chi connectivity index (χ3v) is 3.14. The van der Waals surface area contributed by atoms with Crippen LogP contribution in [0.5, 0.6) is 0 Å². The van der Waals surface area contributed by atoms with Crippen LogP contribution in [-0.4, -0.2) is 28.8 Å². The van der Waals surface area contributed by atoms with Crippen LogP contribution in [0.3, 0.4) is 0 Å². The Kier molecular flexibility index (Phi) is 2.56. The van der Waals surface area contributed by atoms with Crippen molar-refractivity contribution < 1.29 is 22.7 Å². The molecule has 0 spiro atoms. The summed E-state index contributed by atoms with van der Waals surface area (Å²) in [7, 11) is 1.12. The summed E-state index contributed by atoms with van der Waals surface area (Å²) >= 11 is 0. The maximum atomic E-state index is 13.0. The number of carbonyl (C=O) groups is 1. The van der Waals surface area contributed by atoms with Crippen LogP contribution < -0.4 is 5.73 Å². The second-order valence-corrected chi connectivity index (χ2v) is 4.25. The maximum absolute atomic E-state index is 13.0. The molecule has 1 aliphatic rings. The van der Waals surface area contributed by atoms with Crippen molar-refractivity contribution >= 4 is 11.8 Å². The Morgan fingerprint density at radius 1 is 1.50 bits per heavy atom. The first-order valence-electron chi connectivity index (χ1n) is 5.25. The van der Waals surface area contributed by atoms with Gasteiger partial charge < -0.3 is 10.5 Å². The molecule has 0 aliphatic heterocycles. The fraction of sp³-hybridized carbons (Fsp3) is 0.600. The second kappa shape index (κ2) is 3.63. The summed E-state index contributed by atoms with van der Waals surface area (Å²) < 4.78 is 44.4. The molecule has 2 N–H and O–H groups in total. The standard InChI is InChI=1S/C10H12F3N3O2/c1-5-15-6(8(17)18-2)7(14)16(5)9(3-4-9)10(11,12)13/h3-4,14H2,1-2H3. The Morgan fingerprint density at radius 2 is 2.06 bits per heavy atom. The number of nitrogens with zero attached hydrogens (tertiary/aromatic N) is 2. The Labute approximate surface area is 101 Å². The zero-order valence-corrected chi connectivity index (χ0v) is 9.84. The number of nitrogens with two attached hydrogens (primary N) is 1. The van der Waals surface area contributed by atoms with Crippen molar-refractivity contribution in [2.45, 2.75) is 31.5 Å². The molecule has 100 valence electrons. The number of hydrogen-bond donors (Lipinski definition) is 1. The van der Waals surface area contributed by atoms with E-state index in [1.807, 2.05) is 0 Å². The van der Waals surface area contributed by atoms with Gasteiger partial charge in [-0.05, 0) is 19.8 Å². The van der Waals surface area contributed by atoms with E-state index in [0.717, 1.165) is 11.7 Å². The molecule has 1 aromatic rings. The molecule has 0 radical (unpaired) electrons. The van der Waals surface area contributed by atoms with Gasteiger partial charge in [-0.2, -0.15) is 13.2 Å². The molecule has 1 fully saturated rings. The van der Waals surface area contributed by atoms with Crippen LogP contribution in [0, 0.1) is 6.92 Å². The van der Waals surface area contributed by atoms with Crippen molar-refractivity contribution in [3.63, 3.8) is 0 Å². The normalized spacial score (nSPS) is 17.6. The van der Waals surface area contributed by atoms with Crippen LogP contribution in [0.15, 0.2) is 0 Å². The lowest BCUT2D eigenvalue weighted by atomic mass is 10.2. The quantitative estimate of drug-likeness (QED) is 0.823. The number of alkyl halides is 3. The minimum Gasteiger partial charge on any atom is -0.464 e. The van der Waals surface area contributed by atoms with Gasteiger partial charge in [0.25, 0.3) is 0 Å². The number of hydrogen-bond acceptors (Lipinski definition) is 4. The van der Waals surface area contributed by atoms with Crippen LogP contribution in [0.4, 0.5) is 19.0 Å². The summed E-state index contributed by atoms with van der Waals surface area (Å²) in [6, 6.07) is 0. The molecule has 1 aliphatic carbocycles. The molecule has 0 unspecified atom stereocenters. The Morgan fingerprint density at radius 3 is 2.44 bits per heavy atom. The molecular formula is C10H12F3N3O2. The van der Waals surface area contributed by atoms with E-state index in [0.29, 0.717) is 0 Å². The lowest BCUT2D eigenvalue weighted by molar-refractivity contribution is -0.179. The Balaban J connectivity index is 2.54. The van der Waals surface area contributed by atoms with E-state index in [1.54, 1.807) is 0 Å². The van der Waals surface area contributed by atoms with Gasteiger partial charge >= 0.3 is 12.1 Å². The van der Waals surface area contributed by atoms with Gasteiger partial charge in [-0.1, -0.05) is 0 Å². The highest BCUT2D eigenvalue weighted by Crippen LogP contribution is 2.57. The average molecular weight is 263 g/mol. The van der Waals surface area contributed by atoms with Crippen molar-refractivity contribution in [2.75, 3.05) is 12.8 Å². The second-order valence-electron chi connectivity index (χ2n) is 4.25. The summed E-state index contributed by atoms with van der Waals surface area (Å²) in [6.07, 6.45) is -4.53. The molecule has 1 saturated carbocycles. The minimum atomic E-state index is -4.42. The molecular weight excluding hydrogens is 251 g/mol. The number of anilines is 1. The predicted molar refractivity (Wildman–Crippen MR) is 56.0 cm³/mol. The third kappa shape index (κ3) is 1.55. The van der Waals surface area contributed by atoms with Gasteiger partial charge in [0.05, 0.1) is 7.11 Å². The number of aromatic nitrogens is 2. The molecule has 2 rings (SSSR count). The topological polar surface area (TPSA) is 70.1 Å². The number of aryl methyl sites for hydroxylation is 1. The SMILES string of the molecule is COC(=O)c1nc(C)n(C2(C(F)(F)F)CC2)c1N. The van der Waals surface area contributed by atoms with Gasteiger partial charge in [0.2, 0.25) is 0 Å². The smallest absolute Gasteiger partial charge is 0.412 e. The van der Waals surface area contributed by atoms with Crippen molar-refractivity contribution in [1.82, 2.24) is 9.55 Å². The molecule has 18 heavy (non-hydrogen) atoms. The van der Waals surface area contributed by atoms with Gasteiger partial charge in [0, 0.05) is 0 Å². The number of rotatable bonds is 2. The number of nitrogen functional groups attached to an aromatic ring is 1. The van der Waals surface area contributed by atoms with Crippen molar-refractivity contribution in [3.8, 4) is 0 Å². The summed E-state index contributed by atoms with van der Waals surface area (Å²) in [6.45, 7) is 1.38. The largest absolute Gasteiger partial charge is 0.464 e. The summed E-state index contributed by atoms with van der Waals surface area (Å²) in [5.74, 6) is -1.08. The third-order valence-electron chi connectivity index (χ3n) is 3.14. The van der Waals surface area contributed by atoms with Gasteiger partial charge in [-0.25, -0.2) is 9.78 Å². The molecule has 8 heteroatoms. The number of methoxy groups -OCH3 is 1. The number of halogens is 3. The van der Waals surface area contributed by atoms with E-state index in [1.165, 1.54) is 6.92 Å². The molecule has 1 aromatic heterocycles. The van der Waals surface area contributed by atoms with Crippen molar-refractivity contribution in [2.24, 2.45) is 0 Å². The number of esters is 1. The molecule has 0 bridgehead atoms. The zero-order valence-electron chi connectivity index (χ0n) is 9.84. The van der Waals surface area contributed by atoms with E-state index in [9.17, 15) is 18.0 Å². The van der Waals surface area contributed by atoms with Gasteiger partial charge in [0.15, 0.2) is 5.69 Å². The Bertz CT molecular complexity index is 503. The first-order valence-corrected chi connectivity index (χ1v) is 5.25. The molecule has 1 heterocycles. The summed E-state index contributed by atoms with van der Waals surface area (Å²) in [5, 5.41) is 0. The molecule has 0 amide bonds. The molecule has 5 nitrogen and oxygen atoms in total. The van der Waals surface area contributed by atoms with Crippen LogP contribution in [-0.2, 0) is 10.3 Å². The van der Waals surface area contributed by atoms with E-state index in [4.69, 9.17) is 5.73 Å².